The summed E-state index contributed by atoms with van der Waals surface area (Å²) in [5.41, 5.74) is 1.37. The molecule has 3 aliphatic rings. The summed E-state index contributed by atoms with van der Waals surface area (Å²) in [6, 6.07) is 9.12. The van der Waals surface area contributed by atoms with Crippen molar-refractivity contribution in [3.63, 3.8) is 0 Å². The van der Waals surface area contributed by atoms with Gasteiger partial charge >= 0.3 is 0 Å². The van der Waals surface area contributed by atoms with Crippen molar-refractivity contribution in [2.75, 3.05) is 63.8 Å². The maximum atomic E-state index is 5.53. The van der Waals surface area contributed by atoms with Gasteiger partial charge in [-0.25, -0.2) is 4.58 Å². The van der Waals surface area contributed by atoms with Gasteiger partial charge in [0.15, 0.2) is 13.1 Å². The number of ether oxygens (including phenoxy) is 2. The molecule has 3 aliphatic heterocycles. The first-order valence-electron chi connectivity index (χ1n) is 10.2. The smallest absolute Gasteiger partial charge is 0.239 e. The van der Waals surface area contributed by atoms with Gasteiger partial charge in [0.2, 0.25) is 5.04 Å². The molecule has 2 fully saturated rings. The summed E-state index contributed by atoms with van der Waals surface area (Å²) in [5, 5.41) is 2.69. The van der Waals surface area contributed by atoms with Gasteiger partial charge in [0, 0.05) is 39.4 Å². The topological polar surface area (TPSA) is 24.7 Å². The van der Waals surface area contributed by atoms with E-state index in [1.807, 2.05) is 46.2 Å². The summed E-state index contributed by atoms with van der Waals surface area (Å²) in [7, 11) is 0. The SMILES string of the molecule is CSc1ccc(/C(=C2/C=CC(=[N+]3CCOCC3)S2)c2ccc(N3CCOCC3)s2)s1. The van der Waals surface area contributed by atoms with Gasteiger partial charge < -0.3 is 14.4 Å². The van der Waals surface area contributed by atoms with Crippen LogP contribution in [0.1, 0.15) is 9.75 Å². The highest BCUT2D eigenvalue weighted by molar-refractivity contribution is 8.18. The van der Waals surface area contributed by atoms with Gasteiger partial charge in [0.1, 0.15) is 13.2 Å². The second-order valence-electron chi connectivity index (χ2n) is 7.17. The van der Waals surface area contributed by atoms with E-state index in [-0.39, 0.29) is 0 Å². The summed E-state index contributed by atoms with van der Waals surface area (Å²) < 4.78 is 14.9. The average molecular weight is 478 g/mol. The third kappa shape index (κ3) is 4.45. The molecule has 0 amide bonds. The molecule has 0 bridgehead atoms. The van der Waals surface area contributed by atoms with E-state index in [0.29, 0.717) is 0 Å². The molecule has 0 atom stereocenters. The van der Waals surface area contributed by atoms with Crippen molar-refractivity contribution < 1.29 is 14.0 Å². The number of rotatable bonds is 4. The van der Waals surface area contributed by atoms with Gasteiger partial charge in [-0.2, -0.15) is 0 Å². The Morgan fingerprint density at radius 2 is 1.67 bits per heavy atom. The molecule has 0 aromatic carbocycles. The lowest BCUT2D eigenvalue weighted by molar-refractivity contribution is -0.546. The van der Waals surface area contributed by atoms with Crippen LogP contribution >= 0.6 is 46.2 Å². The summed E-state index contributed by atoms with van der Waals surface area (Å²) >= 11 is 7.52. The van der Waals surface area contributed by atoms with Crippen LogP contribution in [0.25, 0.3) is 5.57 Å². The van der Waals surface area contributed by atoms with Crippen LogP contribution < -0.4 is 4.90 Å². The zero-order chi connectivity index (χ0) is 20.3. The Morgan fingerprint density at radius 3 is 2.43 bits per heavy atom. The number of hydrogen-bond donors (Lipinski definition) is 0. The summed E-state index contributed by atoms with van der Waals surface area (Å²) in [6.07, 6.45) is 6.74. The first-order valence-corrected chi connectivity index (χ1v) is 13.9. The van der Waals surface area contributed by atoms with Crippen LogP contribution in [0.3, 0.4) is 0 Å². The van der Waals surface area contributed by atoms with Crippen LogP contribution in [0.2, 0.25) is 0 Å². The fourth-order valence-electron chi connectivity index (χ4n) is 3.76. The minimum Gasteiger partial charge on any atom is -0.378 e. The van der Waals surface area contributed by atoms with Crippen LogP contribution in [-0.4, -0.2) is 68.5 Å². The summed E-state index contributed by atoms with van der Waals surface area (Å²) in [4.78, 5) is 6.50. The number of hydrogen-bond acceptors (Lipinski definition) is 7. The van der Waals surface area contributed by atoms with E-state index in [1.165, 1.54) is 34.5 Å². The Balaban J connectivity index is 1.51. The van der Waals surface area contributed by atoms with Crippen LogP contribution in [0, 0.1) is 0 Å². The Labute approximate surface area is 194 Å². The molecule has 0 saturated carbocycles. The monoisotopic (exact) mass is 477 g/mol. The Kier molecular flexibility index (Phi) is 6.69. The number of thioether (sulfide) groups is 2. The second-order valence-corrected chi connectivity index (χ2v) is 11.5. The summed E-state index contributed by atoms with van der Waals surface area (Å²) in [6.45, 7) is 7.19. The van der Waals surface area contributed by atoms with Crippen molar-refractivity contribution in [2.45, 2.75) is 4.21 Å². The van der Waals surface area contributed by atoms with Gasteiger partial charge in [-0.05, 0) is 48.4 Å². The molecule has 0 N–H and O–H groups in total. The first-order chi connectivity index (χ1) is 14.8. The molecule has 0 aliphatic carbocycles. The summed E-state index contributed by atoms with van der Waals surface area (Å²) in [5.74, 6) is 0. The zero-order valence-corrected chi connectivity index (χ0v) is 20.2. The van der Waals surface area contributed by atoms with E-state index in [4.69, 9.17) is 9.47 Å². The standard InChI is InChI=1S/C22H25N2O2S4/c1-27-21-7-4-18(30-21)22(16-2-5-19(28-16)23-8-12-25-13-9-23)17-3-6-20(29-17)24-10-14-26-15-11-24/h2-7H,8-15H2,1H3/q+1. The number of anilines is 1. The number of morpholine rings is 2. The van der Waals surface area contributed by atoms with E-state index < -0.39 is 0 Å². The maximum Gasteiger partial charge on any atom is 0.239 e. The van der Waals surface area contributed by atoms with E-state index in [1.54, 1.807) is 0 Å². The van der Waals surface area contributed by atoms with Gasteiger partial charge in [-0.15, -0.1) is 34.4 Å². The molecule has 4 nitrogen and oxygen atoms in total. The van der Waals surface area contributed by atoms with Crippen molar-refractivity contribution in [3.8, 4) is 0 Å². The molecule has 0 spiro atoms. The van der Waals surface area contributed by atoms with E-state index in [2.05, 4.69) is 52.1 Å². The molecular weight excluding hydrogens is 453 g/mol. The molecule has 5 heterocycles. The predicted molar refractivity (Wildman–Crippen MR) is 132 cm³/mol. The van der Waals surface area contributed by atoms with Crippen molar-refractivity contribution in [1.82, 2.24) is 0 Å². The van der Waals surface area contributed by atoms with E-state index in [0.717, 1.165) is 52.6 Å². The molecule has 0 radical (unpaired) electrons. The third-order valence-corrected chi connectivity index (χ3v) is 9.86. The lowest BCUT2D eigenvalue weighted by Gasteiger charge is -2.27. The maximum absolute atomic E-state index is 5.53. The molecule has 158 valence electrons. The normalized spacial score (nSPS) is 21.6. The quantitative estimate of drug-likeness (QED) is 0.462. The highest BCUT2D eigenvalue weighted by atomic mass is 32.2. The Hall–Kier alpha value is -1.03. The molecule has 0 unspecified atom stereocenters. The fourth-order valence-corrected chi connectivity index (χ4v) is 7.83. The van der Waals surface area contributed by atoms with Gasteiger partial charge in [-0.3, -0.25) is 0 Å². The minimum atomic E-state index is 0.819. The molecule has 30 heavy (non-hydrogen) atoms. The van der Waals surface area contributed by atoms with Crippen molar-refractivity contribution in [3.05, 3.63) is 51.1 Å². The second kappa shape index (κ2) is 9.63. The molecule has 5 rings (SSSR count). The number of allylic oxidation sites excluding steroid dienone is 1. The van der Waals surface area contributed by atoms with Crippen molar-refractivity contribution in [1.29, 1.82) is 0 Å². The molecule has 8 heteroatoms. The average Bonchev–Trinajstić information content (AvgIpc) is 3.57. The first kappa shape index (κ1) is 20.8. The zero-order valence-electron chi connectivity index (χ0n) is 17.0. The van der Waals surface area contributed by atoms with Crippen molar-refractivity contribution in [2.24, 2.45) is 0 Å². The van der Waals surface area contributed by atoms with Crippen LogP contribution in [0.4, 0.5) is 5.00 Å². The molecule has 2 saturated heterocycles. The van der Waals surface area contributed by atoms with Crippen LogP contribution in [0.15, 0.2) is 45.5 Å². The van der Waals surface area contributed by atoms with Gasteiger partial charge in [0.25, 0.3) is 0 Å². The predicted octanol–water partition coefficient (Wildman–Crippen LogP) is 4.87. The minimum absolute atomic E-state index is 0.819. The number of thiophene rings is 2. The van der Waals surface area contributed by atoms with E-state index in [9.17, 15) is 0 Å². The van der Waals surface area contributed by atoms with Crippen LogP contribution in [-0.2, 0) is 9.47 Å². The van der Waals surface area contributed by atoms with Crippen LogP contribution in [0.5, 0.6) is 0 Å². The Bertz CT molecular complexity index is 990. The molecule has 2 aromatic heterocycles. The molecule has 2 aromatic rings. The van der Waals surface area contributed by atoms with Gasteiger partial charge in [-0.1, -0.05) is 0 Å². The third-order valence-electron chi connectivity index (χ3n) is 5.35. The van der Waals surface area contributed by atoms with Crippen molar-refractivity contribution >= 4 is 61.8 Å². The van der Waals surface area contributed by atoms with Gasteiger partial charge in [0.05, 0.1) is 22.4 Å². The highest BCUT2D eigenvalue weighted by Crippen LogP contribution is 2.44. The molecular formula is C22H25N2O2S4+. The lowest BCUT2D eigenvalue weighted by atomic mass is 10.1. The lowest BCUT2D eigenvalue weighted by Crippen LogP contribution is -2.35. The highest BCUT2D eigenvalue weighted by Gasteiger charge is 2.26. The Morgan fingerprint density at radius 1 is 0.933 bits per heavy atom. The van der Waals surface area contributed by atoms with E-state index >= 15 is 0 Å². The number of nitrogens with zero attached hydrogens (tertiary/aromatic N) is 2. The largest absolute Gasteiger partial charge is 0.378 e. The fraction of sp³-hybridized carbons (Fsp3) is 0.409.